The zero-order valence-corrected chi connectivity index (χ0v) is 18.7. The van der Waals surface area contributed by atoms with Gasteiger partial charge in [-0.25, -0.2) is 13.6 Å². The monoisotopic (exact) mass is 454 g/mol. The Labute approximate surface area is 190 Å². The molecular weight excluding hydrogens is 430 g/mol. The third-order valence-electron chi connectivity index (χ3n) is 5.52. The zero-order valence-electron chi connectivity index (χ0n) is 18.7. The van der Waals surface area contributed by atoms with Crippen LogP contribution in [0.15, 0.2) is 48.5 Å². The van der Waals surface area contributed by atoms with Crippen molar-refractivity contribution in [2.24, 2.45) is 0 Å². The van der Waals surface area contributed by atoms with Gasteiger partial charge in [-0.15, -0.1) is 0 Å². The number of carbonyl (C=O) groups excluding carboxylic acids is 3. The highest BCUT2D eigenvalue weighted by Crippen LogP contribution is 2.24. The number of methoxy groups -OCH3 is 1. The number of ketones is 1. The number of H-pyrrole nitrogens is 1. The molecule has 6 nitrogen and oxygen atoms in total. The Morgan fingerprint density at radius 1 is 1.03 bits per heavy atom. The Balaban J connectivity index is 2.01. The number of aromatic nitrogens is 1. The first kappa shape index (κ1) is 23.8. The second kappa shape index (κ2) is 9.77. The van der Waals surface area contributed by atoms with Gasteiger partial charge < -0.3 is 14.6 Å². The number of hydrogen-bond donors (Lipinski definition) is 1. The Kier molecular flexibility index (Phi) is 7.06. The maximum Gasteiger partial charge on any atom is 0.354 e. The number of halogens is 2. The van der Waals surface area contributed by atoms with E-state index >= 15 is 0 Å². The molecule has 3 rings (SSSR count). The Morgan fingerprint density at radius 3 is 2.30 bits per heavy atom. The fraction of sp³-hybridized carbons (Fsp3) is 0.240. The molecule has 0 aliphatic rings. The summed E-state index contributed by atoms with van der Waals surface area (Å²) < 4.78 is 31.9. The summed E-state index contributed by atoms with van der Waals surface area (Å²) in [5, 5.41) is 0. The Hall–Kier alpha value is -3.81. The van der Waals surface area contributed by atoms with Gasteiger partial charge in [-0.2, -0.15) is 0 Å². The summed E-state index contributed by atoms with van der Waals surface area (Å²) in [6.07, 6.45) is 0. The van der Waals surface area contributed by atoms with Crippen molar-refractivity contribution in [1.82, 2.24) is 9.88 Å². The van der Waals surface area contributed by atoms with E-state index < -0.39 is 35.3 Å². The normalized spacial score (nSPS) is 11.7. The minimum atomic E-state index is -0.968. The van der Waals surface area contributed by atoms with Gasteiger partial charge >= 0.3 is 5.97 Å². The smallest absolute Gasteiger partial charge is 0.354 e. The molecule has 1 unspecified atom stereocenters. The topological polar surface area (TPSA) is 79.5 Å². The van der Waals surface area contributed by atoms with Gasteiger partial charge in [0.15, 0.2) is 5.78 Å². The fourth-order valence-corrected chi connectivity index (χ4v) is 3.73. The highest BCUT2D eigenvalue weighted by atomic mass is 19.1. The van der Waals surface area contributed by atoms with Crippen LogP contribution in [0.2, 0.25) is 0 Å². The van der Waals surface area contributed by atoms with Gasteiger partial charge in [-0.05, 0) is 62.2 Å². The predicted octanol–water partition coefficient (Wildman–Crippen LogP) is 4.61. The lowest BCUT2D eigenvalue weighted by atomic mass is 9.98. The minimum Gasteiger partial charge on any atom is -0.464 e. The molecule has 172 valence electrons. The van der Waals surface area contributed by atoms with Crippen molar-refractivity contribution < 1.29 is 27.9 Å². The number of hydrogen-bond acceptors (Lipinski definition) is 4. The summed E-state index contributed by atoms with van der Waals surface area (Å²) in [5.74, 6) is -2.58. The van der Waals surface area contributed by atoms with Crippen LogP contribution in [0.1, 0.15) is 54.9 Å². The summed E-state index contributed by atoms with van der Waals surface area (Å²) in [7, 11) is 1.24. The van der Waals surface area contributed by atoms with E-state index in [9.17, 15) is 23.2 Å². The van der Waals surface area contributed by atoms with Crippen LogP contribution in [0.5, 0.6) is 0 Å². The number of benzene rings is 2. The third-order valence-corrected chi connectivity index (χ3v) is 5.52. The molecule has 3 aromatic rings. The maximum atomic E-state index is 13.8. The lowest BCUT2D eigenvalue weighted by Gasteiger charge is -2.29. The van der Waals surface area contributed by atoms with E-state index in [2.05, 4.69) is 4.98 Å². The van der Waals surface area contributed by atoms with Crippen LogP contribution in [0.25, 0.3) is 0 Å². The number of nitrogens with zero attached hydrogens (tertiary/aromatic N) is 1. The standard InChI is InChI=1S/C25H24F2N2O4/c1-14-21(15(2)28-22(14)25(32)33-4)23(30)16(3)29(13-17-8-10-19(26)11-9-17)24(31)18-6-5-7-20(27)12-18/h5-12,16,28H,13H2,1-4H3. The largest absolute Gasteiger partial charge is 0.464 e. The predicted molar refractivity (Wildman–Crippen MR) is 118 cm³/mol. The molecule has 1 atom stereocenters. The molecule has 0 saturated heterocycles. The molecule has 2 aromatic carbocycles. The average molecular weight is 454 g/mol. The molecule has 1 aromatic heterocycles. The number of amides is 1. The number of nitrogens with one attached hydrogen (secondary N) is 1. The van der Waals surface area contributed by atoms with Gasteiger partial charge in [0.25, 0.3) is 5.91 Å². The summed E-state index contributed by atoms with van der Waals surface area (Å²) in [4.78, 5) is 43.0. The van der Waals surface area contributed by atoms with Gasteiger partial charge in [0, 0.05) is 23.4 Å². The van der Waals surface area contributed by atoms with E-state index in [0.717, 1.165) is 6.07 Å². The number of ether oxygens (including phenoxy) is 1. The van der Waals surface area contributed by atoms with E-state index in [1.807, 2.05) is 0 Å². The van der Waals surface area contributed by atoms with Crippen molar-refractivity contribution in [2.75, 3.05) is 7.11 Å². The Bertz CT molecular complexity index is 1200. The SMILES string of the molecule is COC(=O)c1[nH]c(C)c(C(=O)C(C)N(Cc2ccc(F)cc2)C(=O)c2cccc(F)c2)c1C. The molecule has 1 heterocycles. The lowest BCUT2D eigenvalue weighted by Crippen LogP contribution is -2.43. The molecule has 0 bridgehead atoms. The second-order valence-corrected chi connectivity index (χ2v) is 7.73. The number of aryl methyl sites for hydroxylation is 1. The van der Waals surface area contributed by atoms with Crippen molar-refractivity contribution in [2.45, 2.75) is 33.4 Å². The quantitative estimate of drug-likeness (QED) is 0.418. The fourth-order valence-electron chi connectivity index (χ4n) is 3.73. The maximum absolute atomic E-state index is 13.8. The molecule has 0 aliphatic carbocycles. The van der Waals surface area contributed by atoms with E-state index in [-0.39, 0.29) is 23.4 Å². The van der Waals surface area contributed by atoms with Crippen LogP contribution in [0.4, 0.5) is 8.78 Å². The molecule has 8 heteroatoms. The van der Waals surface area contributed by atoms with E-state index in [4.69, 9.17) is 4.74 Å². The van der Waals surface area contributed by atoms with Crippen molar-refractivity contribution in [3.63, 3.8) is 0 Å². The van der Waals surface area contributed by atoms with Gasteiger partial charge in [-0.1, -0.05) is 18.2 Å². The van der Waals surface area contributed by atoms with Crippen molar-refractivity contribution in [3.8, 4) is 0 Å². The lowest BCUT2D eigenvalue weighted by molar-refractivity contribution is 0.0592. The number of aromatic amines is 1. The van der Waals surface area contributed by atoms with Crippen LogP contribution in [0, 0.1) is 25.5 Å². The molecule has 33 heavy (non-hydrogen) atoms. The summed E-state index contributed by atoms with van der Waals surface area (Å²) in [5.41, 5.74) is 1.99. The highest BCUT2D eigenvalue weighted by molar-refractivity contribution is 6.07. The molecule has 0 saturated carbocycles. The zero-order chi connectivity index (χ0) is 24.3. The summed E-state index contributed by atoms with van der Waals surface area (Å²) >= 11 is 0. The van der Waals surface area contributed by atoms with E-state index in [1.165, 1.54) is 54.5 Å². The van der Waals surface area contributed by atoms with Crippen LogP contribution < -0.4 is 0 Å². The molecule has 0 radical (unpaired) electrons. The third kappa shape index (κ3) is 5.00. The van der Waals surface area contributed by atoms with Crippen molar-refractivity contribution >= 4 is 17.7 Å². The number of Topliss-reactive ketones (excluding diaryl/α,β-unsaturated/α-hetero) is 1. The minimum absolute atomic E-state index is 0.00505. The molecule has 0 spiro atoms. The van der Waals surface area contributed by atoms with E-state index in [0.29, 0.717) is 16.8 Å². The van der Waals surface area contributed by atoms with Crippen LogP contribution in [0.3, 0.4) is 0 Å². The van der Waals surface area contributed by atoms with Gasteiger partial charge in [0.05, 0.1) is 13.2 Å². The Morgan fingerprint density at radius 2 is 1.70 bits per heavy atom. The van der Waals surface area contributed by atoms with Crippen molar-refractivity contribution in [3.05, 3.63) is 93.8 Å². The van der Waals surface area contributed by atoms with Crippen LogP contribution >= 0.6 is 0 Å². The first-order valence-corrected chi connectivity index (χ1v) is 10.3. The van der Waals surface area contributed by atoms with Crippen molar-refractivity contribution in [1.29, 1.82) is 0 Å². The average Bonchev–Trinajstić information content (AvgIpc) is 3.10. The number of esters is 1. The highest BCUT2D eigenvalue weighted by Gasteiger charge is 2.32. The molecule has 0 aliphatic heterocycles. The first-order chi connectivity index (χ1) is 15.6. The van der Waals surface area contributed by atoms with Gasteiger partial charge in [-0.3, -0.25) is 9.59 Å². The number of rotatable bonds is 7. The molecule has 0 fully saturated rings. The molecule has 1 amide bonds. The number of carbonyl (C=O) groups is 3. The molecule has 1 N–H and O–H groups in total. The van der Waals surface area contributed by atoms with Gasteiger partial charge in [0.1, 0.15) is 17.3 Å². The van der Waals surface area contributed by atoms with Crippen LogP contribution in [-0.2, 0) is 11.3 Å². The first-order valence-electron chi connectivity index (χ1n) is 10.3. The molecular formula is C25H24F2N2O4. The summed E-state index contributed by atoms with van der Waals surface area (Å²) in [6, 6.07) is 9.77. The van der Waals surface area contributed by atoms with Crippen LogP contribution in [-0.4, -0.2) is 40.7 Å². The second-order valence-electron chi connectivity index (χ2n) is 7.73. The summed E-state index contributed by atoms with van der Waals surface area (Å²) in [6.45, 7) is 4.83. The van der Waals surface area contributed by atoms with E-state index in [1.54, 1.807) is 20.8 Å². The van der Waals surface area contributed by atoms with Gasteiger partial charge in [0.2, 0.25) is 0 Å².